The lowest BCUT2D eigenvalue weighted by Gasteiger charge is -2.30. The molecule has 1 rings (SSSR count). The third-order valence-corrected chi connectivity index (χ3v) is 2.85. The summed E-state index contributed by atoms with van der Waals surface area (Å²) in [5.74, 6) is 0.999. The van der Waals surface area contributed by atoms with Crippen molar-refractivity contribution in [3.05, 3.63) is 23.7 Å². The first kappa shape index (κ1) is 18.1. The topological polar surface area (TPSA) is 78.5 Å². The zero-order chi connectivity index (χ0) is 16.8. The Bertz CT molecular complexity index is 523. The van der Waals surface area contributed by atoms with E-state index >= 15 is 0 Å². The van der Waals surface area contributed by atoms with E-state index in [1.54, 1.807) is 17.0 Å². The summed E-state index contributed by atoms with van der Waals surface area (Å²) in [7, 11) is 0. The van der Waals surface area contributed by atoms with Crippen molar-refractivity contribution in [3.63, 3.8) is 0 Å². The maximum absolute atomic E-state index is 12.1. The first-order chi connectivity index (χ1) is 10.2. The van der Waals surface area contributed by atoms with E-state index in [9.17, 15) is 4.79 Å². The number of nitrogens with one attached hydrogen (secondary N) is 1. The second kappa shape index (κ2) is 7.85. The average molecular weight is 307 g/mol. The molecule has 1 amide bonds. The average Bonchev–Trinajstić information content (AvgIpc) is 2.83. The Kier molecular flexibility index (Phi) is 6.44. The summed E-state index contributed by atoms with van der Waals surface area (Å²) in [6.45, 7) is 11.1. The lowest BCUT2D eigenvalue weighted by atomic mass is 10.2. The number of amides is 1. The van der Waals surface area contributed by atoms with Crippen LogP contribution in [0.5, 0.6) is 0 Å². The molecule has 0 saturated heterocycles. The molecule has 1 heterocycles. The molecule has 0 aliphatic rings. The summed E-state index contributed by atoms with van der Waals surface area (Å²) in [6.07, 6.45) is -0.311. The van der Waals surface area contributed by atoms with Gasteiger partial charge in [-0.1, -0.05) is 0 Å². The Hall–Kier alpha value is -2.00. The highest BCUT2D eigenvalue weighted by molar-refractivity contribution is 5.68. The summed E-state index contributed by atoms with van der Waals surface area (Å²) in [5.41, 5.74) is -0.500. The van der Waals surface area contributed by atoms with Crippen molar-refractivity contribution in [2.75, 3.05) is 13.1 Å². The minimum Gasteiger partial charge on any atom is -0.449 e. The zero-order valence-electron chi connectivity index (χ0n) is 14.0. The normalized spacial score (nSPS) is 11.3. The molecule has 1 N–H and O–H groups in total. The van der Waals surface area contributed by atoms with Crippen molar-refractivity contribution < 1.29 is 13.9 Å². The maximum atomic E-state index is 12.1. The second-order valence-electron chi connectivity index (χ2n) is 6.32. The molecule has 0 aliphatic heterocycles. The highest BCUT2D eigenvalue weighted by Crippen LogP contribution is 2.11. The Balaban J connectivity index is 2.41. The van der Waals surface area contributed by atoms with Gasteiger partial charge in [0.1, 0.15) is 17.4 Å². The summed E-state index contributed by atoms with van der Waals surface area (Å²) in [4.78, 5) is 13.8. The van der Waals surface area contributed by atoms with Crippen LogP contribution in [0.4, 0.5) is 4.79 Å². The van der Waals surface area contributed by atoms with E-state index in [4.69, 9.17) is 14.4 Å². The van der Waals surface area contributed by atoms with Gasteiger partial charge in [-0.15, -0.1) is 0 Å². The van der Waals surface area contributed by atoms with E-state index in [1.807, 2.05) is 40.7 Å². The van der Waals surface area contributed by atoms with Crippen molar-refractivity contribution in [2.45, 2.75) is 52.8 Å². The summed E-state index contributed by atoms with van der Waals surface area (Å²) in [6, 6.07) is 5.40. The number of hydrogen-bond donors (Lipinski definition) is 1. The van der Waals surface area contributed by atoms with Gasteiger partial charge < -0.3 is 19.4 Å². The number of carbonyl (C=O) groups is 1. The Labute approximate surface area is 132 Å². The van der Waals surface area contributed by atoms with Gasteiger partial charge in [0.25, 0.3) is 0 Å². The van der Waals surface area contributed by atoms with E-state index < -0.39 is 5.60 Å². The van der Waals surface area contributed by atoms with Gasteiger partial charge in [0, 0.05) is 19.1 Å². The molecule has 22 heavy (non-hydrogen) atoms. The molecule has 1 aromatic heterocycles. The van der Waals surface area contributed by atoms with Crippen LogP contribution in [0.3, 0.4) is 0 Å². The van der Waals surface area contributed by atoms with E-state index in [2.05, 4.69) is 5.32 Å². The molecule has 0 saturated carbocycles. The molecule has 0 spiro atoms. The standard InChI is InChI=1S/C16H25N3O3/c1-12(2)19(15(20)22-16(3,4)5)9-8-18-11-14-7-6-13(10-17)21-14/h6-7,12,18H,8-9,11H2,1-5H3. The van der Waals surface area contributed by atoms with E-state index in [0.717, 1.165) is 0 Å². The quantitative estimate of drug-likeness (QED) is 0.818. The third kappa shape index (κ3) is 6.19. The lowest BCUT2D eigenvalue weighted by molar-refractivity contribution is 0.0193. The van der Waals surface area contributed by atoms with Crippen LogP contribution >= 0.6 is 0 Å². The van der Waals surface area contributed by atoms with Crippen molar-refractivity contribution in [2.24, 2.45) is 0 Å². The minimum absolute atomic E-state index is 0.0606. The number of nitriles is 1. The van der Waals surface area contributed by atoms with Gasteiger partial charge in [-0.3, -0.25) is 0 Å². The largest absolute Gasteiger partial charge is 0.449 e. The highest BCUT2D eigenvalue weighted by Gasteiger charge is 2.23. The summed E-state index contributed by atoms with van der Waals surface area (Å²) >= 11 is 0. The Morgan fingerprint density at radius 2 is 2.14 bits per heavy atom. The third-order valence-electron chi connectivity index (χ3n) is 2.85. The molecule has 0 aliphatic carbocycles. The highest BCUT2D eigenvalue weighted by atomic mass is 16.6. The van der Waals surface area contributed by atoms with Crippen LogP contribution < -0.4 is 5.32 Å². The Morgan fingerprint density at radius 1 is 1.45 bits per heavy atom. The summed E-state index contributed by atoms with van der Waals surface area (Å²) < 4.78 is 10.7. The molecule has 0 aromatic carbocycles. The molecule has 0 atom stereocenters. The van der Waals surface area contributed by atoms with Crippen molar-refractivity contribution in [1.82, 2.24) is 10.2 Å². The smallest absolute Gasteiger partial charge is 0.410 e. The SMILES string of the molecule is CC(C)N(CCNCc1ccc(C#N)o1)C(=O)OC(C)(C)C. The molecule has 6 heteroatoms. The fraction of sp³-hybridized carbons (Fsp3) is 0.625. The van der Waals surface area contributed by atoms with Gasteiger partial charge in [-0.2, -0.15) is 5.26 Å². The van der Waals surface area contributed by atoms with Gasteiger partial charge >= 0.3 is 6.09 Å². The fourth-order valence-corrected chi connectivity index (χ4v) is 1.82. The van der Waals surface area contributed by atoms with Crippen LogP contribution in [-0.2, 0) is 11.3 Å². The fourth-order valence-electron chi connectivity index (χ4n) is 1.82. The molecule has 6 nitrogen and oxygen atoms in total. The maximum Gasteiger partial charge on any atom is 0.410 e. The molecule has 0 bridgehead atoms. The van der Waals surface area contributed by atoms with Crippen molar-refractivity contribution in [3.8, 4) is 6.07 Å². The van der Waals surface area contributed by atoms with Crippen molar-refractivity contribution in [1.29, 1.82) is 5.26 Å². The molecule has 122 valence electrons. The van der Waals surface area contributed by atoms with Gasteiger partial charge in [-0.25, -0.2) is 4.79 Å². The second-order valence-corrected chi connectivity index (χ2v) is 6.32. The van der Waals surface area contributed by atoms with Crippen LogP contribution in [0, 0.1) is 11.3 Å². The van der Waals surface area contributed by atoms with Crippen LogP contribution in [-0.4, -0.2) is 35.7 Å². The number of nitrogens with zero attached hydrogens (tertiary/aromatic N) is 2. The molecule has 0 radical (unpaired) electrons. The van der Waals surface area contributed by atoms with Gasteiger partial charge in [0.05, 0.1) is 6.54 Å². The number of hydrogen-bond acceptors (Lipinski definition) is 5. The lowest BCUT2D eigenvalue weighted by Crippen LogP contribution is -2.44. The number of furan rings is 1. The zero-order valence-corrected chi connectivity index (χ0v) is 14.0. The van der Waals surface area contributed by atoms with E-state index in [-0.39, 0.29) is 12.1 Å². The molecule has 0 fully saturated rings. The van der Waals surface area contributed by atoms with E-state index in [1.165, 1.54) is 0 Å². The first-order valence-electron chi connectivity index (χ1n) is 7.42. The number of ether oxygens (including phenoxy) is 1. The van der Waals surface area contributed by atoms with Crippen LogP contribution in [0.2, 0.25) is 0 Å². The van der Waals surface area contributed by atoms with Crippen LogP contribution in [0.25, 0.3) is 0 Å². The van der Waals surface area contributed by atoms with Crippen LogP contribution in [0.1, 0.15) is 46.1 Å². The minimum atomic E-state index is -0.500. The van der Waals surface area contributed by atoms with Crippen molar-refractivity contribution >= 4 is 6.09 Å². The monoisotopic (exact) mass is 307 g/mol. The Morgan fingerprint density at radius 3 is 2.64 bits per heavy atom. The van der Waals surface area contributed by atoms with E-state index in [0.29, 0.717) is 31.2 Å². The predicted molar refractivity (Wildman–Crippen MR) is 83.2 cm³/mol. The number of rotatable bonds is 6. The first-order valence-corrected chi connectivity index (χ1v) is 7.42. The molecule has 0 unspecified atom stereocenters. The van der Waals surface area contributed by atoms with Gasteiger partial charge in [-0.05, 0) is 46.8 Å². The predicted octanol–water partition coefficient (Wildman–Crippen LogP) is 2.89. The molecular weight excluding hydrogens is 282 g/mol. The number of carbonyl (C=O) groups excluding carboxylic acids is 1. The molecular formula is C16H25N3O3. The summed E-state index contributed by atoms with van der Waals surface area (Å²) in [5, 5.41) is 11.9. The van der Waals surface area contributed by atoms with Gasteiger partial charge in [0.2, 0.25) is 5.76 Å². The van der Waals surface area contributed by atoms with Gasteiger partial charge in [0.15, 0.2) is 0 Å². The molecule has 1 aromatic rings. The van der Waals surface area contributed by atoms with Crippen LogP contribution in [0.15, 0.2) is 16.5 Å².